The lowest BCUT2D eigenvalue weighted by atomic mass is 10.1. The average molecular weight is 493 g/mol. The van der Waals surface area contributed by atoms with E-state index in [1.807, 2.05) is 0 Å². The lowest BCUT2D eigenvalue weighted by Gasteiger charge is -2.27. The predicted octanol–water partition coefficient (Wildman–Crippen LogP) is 4.23. The van der Waals surface area contributed by atoms with Crippen molar-refractivity contribution in [2.24, 2.45) is 5.10 Å². The van der Waals surface area contributed by atoms with Crippen molar-refractivity contribution in [3.8, 4) is 0 Å². The number of rotatable bonds is 6. The highest BCUT2D eigenvalue weighted by atomic mass is 32.2. The SMILES string of the molecule is Cc1c(/C=N/N(C(=O)O)C(C)(C)C)sc2c1c(=O)n(C1CC1)c(=O)n2CCSC(F)(F)F. The summed E-state index contributed by atoms with van der Waals surface area (Å²) in [6, 6.07) is -0.249. The first-order valence-electron chi connectivity index (χ1n) is 9.78. The maximum absolute atomic E-state index is 13.1. The Kier molecular flexibility index (Phi) is 6.53. The van der Waals surface area contributed by atoms with Crippen LogP contribution in [0.15, 0.2) is 14.7 Å². The molecule has 0 aliphatic heterocycles. The van der Waals surface area contributed by atoms with Crippen molar-refractivity contribution in [2.45, 2.75) is 64.2 Å². The van der Waals surface area contributed by atoms with Crippen molar-refractivity contribution in [3.63, 3.8) is 0 Å². The van der Waals surface area contributed by atoms with Crippen LogP contribution in [-0.4, -0.2) is 48.4 Å². The summed E-state index contributed by atoms with van der Waals surface area (Å²) >= 11 is 0.802. The zero-order chi connectivity index (χ0) is 24.0. The van der Waals surface area contributed by atoms with Gasteiger partial charge in [-0.25, -0.2) is 9.59 Å². The minimum absolute atomic E-state index is 0.216. The molecule has 1 amide bonds. The van der Waals surface area contributed by atoms with E-state index in [0.29, 0.717) is 23.3 Å². The first kappa shape index (κ1) is 24.4. The number of thioether (sulfide) groups is 1. The maximum Gasteiger partial charge on any atom is 0.441 e. The highest BCUT2D eigenvalue weighted by Gasteiger charge is 2.32. The standard InChI is InChI=1S/C19H23F3N4O4S2/c1-10-12(9-23-26(17(29)30)18(2,3)4)32-15-13(10)14(27)25(11-5-6-11)16(28)24(15)7-8-31-19(20,21)22/h9,11H,5-8H2,1-4H3,(H,29,30)/b23-9+. The smallest absolute Gasteiger partial charge is 0.441 e. The van der Waals surface area contributed by atoms with Gasteiger partial charge in [0.25, 0.3) is 5.56 Å². The fourth-order valence-electron chi connectivity index (χ4n) is 3.23. The summed E-state index contributed by atoms with van der Waals surface area (Å²) < 4.78 is 40.2. The third-order valence-corrected chi connectivity index (χ3v) is 6.84. The normalized spacial score (nSPS) is 15.1. The summed E-state index contributed by atoms with van der Waals surface area (Å²) in [5.41, 5.74) is -5.84. The van der Waals surface area contributed by atoms with Crippen molar-refractivity contribution in [2.75, 3.05) is 5.75 Å². The van der Waals surface area contributed by atoms with E-state index in [9.17, 15) is 32.7 Å². The molecule has 1 fully saturated rings. The fraction of sp³-hybridized carbons (Fsp3) is 0.579. The Bertz CT molecular complexity index is 1190. The second-order valence-electron chi connectivity index (χ2n) is 8.42. The Morgan fingerprint density at radius 1 is 1.31 bits per heavy atom. The van der Waals surface area contributed by atoms with Gasteiger partial charge in [-0.3, -0.25) is 13.9 Å². The van der Waals surface area contributed by atoms with Gasteiger partial charge in [-0.05, 0) is 57.9 Å². The number of thiophene rings is 1. The van der Waals surface area contributed by atoms with Crippen LogP contribution in [0, 0.1) is 6.92 Å². The number of hydrogen-bond donors (Lipinski definition) is 1. The van der Waals surface area contributed by atoms with E-state index in [2.05, 4.69) is 5.10 Å². The summed E-state index contributed by atoms with van der Waals surface area (Å²) in [7, 11) is 0. The molecule has 0 aromatic carbocycles. The number of fused-ring (bicyclic) bond motifs is 1. The quantitative estimate of drug-likeness (QED) is 0.481. The second-order valence-corrected chi connectivity index (χ2v) is 10.6. The van der Waals surface area contributed by atoms with Gasteiger partial charge < -0.3 is 5.11 Å². The molecule has 0 spiro atoms. The number of hydrogen-bond acceptors (Lipinski definition) is 6. The van der Waals surface area contributed by atoms with Gasteiger partial charge in [0.1, 0.15) is 4.83 Å². The molecular weight excluding hydrogens is 469 g/mol. The number of amides is 1. The van der Waals surface area contributed by atoms with Crippen molar-refractivity contribution < 1.29 is 23.1 Å². The van der Waals surface area contributed by atoms with Gasteiger partial charge in [-0.15, -0.1) is 11.3 Å². The van der Waals surface area contributed by atoms with E-state index in [4.69, 9.17) is 0 Å². The molecule has 176 valence electrons. The fourth-order valence-corrected chi connectivity index (χ4v) is 4.92. The highest BCUT2D eigenvalue weighted by Crippen LogP contribution is 2.35. The summed E-state index contributed by atoms with van der Waals surface area (Å²) in [5.74, 6) is -0.376. The number of carboxylic acid groups (broad SMARTS) is 1. The number of nitrogens with zero attached hydrogens (tertiary/aromatic N) is 4. The number of aryl methyl sites for hydroxylation is 2. The summed E-state index contributed by atoms with van der Waals surface area (Å²) in [4.78, 5) is 38.3. The summed E-state index contributed by atoms with van der Waals surface area (Å²) in [6.07, 6.45) is 1.37. The van der Waals surface area contributed by atoms with Crippen molar-refractivity contribution in [1.29, 1.82) is 0 Å². The van der Waals surface area contributed by atoms with Crippen LogP contribution in [0.5, 0.6) is 0 Å². The minimum Gasteiger partial charge on any atom is -0.464 e. The molecule has 0 unspecified atom stereocenters. The molecule has 1 saturated carbocycles. The number of halogens is 3. The molecule has 1 N–H and O–H groups in total. The van der Waals surface area contributed by atoms with Gasteiger partial charge in [-0.2, -0.15) is 23.3 Å². The first-order valence-corrected chi connectivity index (χ1v) is 11.6. The molecule has 0 bridgehead atoms. The number of alkyl halides is 3. The first-order chi connectivity index (χ1) is 14.7. The summed E-state index contributed by atoms with van der Waals surface area (Å²) in [6.45, 7) is 6.44. The molecule has 8 nitrogen and oxygen atoms in total. The second kappa shape index (κ2) is 8.58. The lowest BCUT2D eigenvalue weighted by molar-refractivity contribution is -0.0328. The van der Waals surface area contributed by atoms with Gasteiger partial charge >= 0.3 is 17.3 Å². The Morgan fingerprint density at radius 3 is 2.44 bits per heavy atom. The number of carbonyl (C=O) groups is 1. The Hall–Kier alpha value is -2.28. The third-order valence-electron chi connectivity index (χ3n) is 4.88. The van der Waals surface area contributed by atoms with Gasteiger partial charge in [0.2, 0.25) is 0 Å². The van der Waals surface area contributed by atoms with Crippen LogP contribution in [0.4, 0.5) is 18.0 Å². The molecule has 2 aromatic heterocycles. The maximum atomic E-state index is 13.1. The Balaban J connectivity index is 2.13. The molecule has 0 radical (unpaired) electrons. The molecule has 3 rings (SSSR count). The highest BCUT2D eigenvalue weighted by molar-refractivity contribution is 8.00. The zero-order valence-electron chi connectivity index (χ0n) is 17.9. The van der Waals surface area contributed by atoms with Gasteiger partial charge in [0.05, 0.1) is 22.0 Å². The van der Waals surface area contributed by atoms with Crippen LogP contribution < -0.4 is 11.2 Å². The molecule has 0 atom stereocenters. The zero-order valence-corrected chi connectivity index (χ0v) is 19.5. The molecule has 2 heterocycles. The molecule has 2 aromatic rings. The Labute approximate surface area is 189 Å². The van der Waals surface area contributed by atoms with E-state index in [0.717, 1.165) is 20.9 Å². The van der Waals surface area contributed by atoms with Gasteiger partial charge in [0, 0.05) is 18.3 Å². The third kappa shape index (κ3) is 5.03. The predicted molar refractivity (Wildman–Crippen MR) is 119 cm³/mol. The van der Waals surface area contributed by atoms with Crippen LogP contribution >= 0.6 is 23.1 Å². The van der Waals surface area contributed by atoms with E-state index in [-0.39, 0.29) is 40.3 Å². The van der Waals surface area contributed by atoms with Crippen LogP contribution in [0.1, 0.15) is 50.1 Å². The van der Waals surface area contributed by atoms with E-state index < -0.39 is 28.4 Å². The van der Waals surface area contributed by atoms with Crippen molar-refractivity contribution in [1.82, 2.24) is 14.1 Å². The molecule has 0 saturated heterocycles. The van der Waals surface area contributed by atoms with E-state index in [1.54, 1.807) is 27.7 Å². The van der Waals surface area contributed by atoms with Crippen LogP contribution in [-0.2, 0) is 6.54 Å². The summed E-state index contributed by atoms with van der Waals surface area (Å²) in [5, 5.41) is 14.6. The Morgan fingerprint density at radius 2 is 1.94 bits per heavy atom. The van der Waals surface area contributed by atoms with Crippen molar-refractivity contribution >= 4 is 45.6 Å². The molecular formula is C19H23F3N4O4S2. The van der Waals surface area contributed by atoms with Crippen molar-refractivity contribution in [3.05, 3.63) is 31.3 Å². The monoisotopic (exact) mass is 492 g/mol. The number of aromatic nitrogens is 2. The molecule has 1 aliphatic carbocycles. The van der Waals surface area contributed by atoms with Gasteiger partial charge in [-0.1, -0.05) is 0 Å². The van der Waals surface area contributed by atoms with Crippen LogP contribution in [0.3, 0.4) is 0 Å². The average Bonchev–Trinajstić information content (AvgIpc) is 3.40. The van der Waals surface area contributed by atoms with Gasteiger partial charge in [0.15, 0.2) is 0 Å². The van der Waals surface area contributed by atoms with E-state index in [1.165, 1.54) is 10.8 Å². The van der Waals surface area contributed by atoms with E-state index >= 15 is 0 Å². The largest absolute Gasteiger partial charge is 0.464 e. The molecule has 32 heavy (non-hydrogen) atoms. The minimum atomic E-state index is -4.43. The number of hydrazone groups is 1. The topological polar surface area (TPSA) is 96.9 Å². The molecule has 13 heteroatoms. The van der Waals surface area contributed by atoms with Crippen LogP contribution in [0.2, 0.25) is 0 Å². The van der Waals surface area contributed by atoms with Crippen LogP contribution in [0.25, 0.3) is 10.2 Å². The lowest BCUT2D eigenvalue weighted by Crippen LogP contribution is -2.41. The molecule has 1 aliphatic rings.